The van der Waals surface area contributed by atoms with Crippen LogP contribution in [0, 0.1) is 0 Å². The molecule has 0 nitrogen and oxygen atoms in total. The molecule has 0 fully saturated rings. The first kappa shape index (κ1) is 36.2. The van der Waals surface area contributed by atoms with Crippen LogP contribution in [0.1, 0.15) is 0 Å². The van der Waals surface area contributed by atoms with Gasteiger partial charge in [-0.2, -0.15) is 0 Å². The molecule has 0 amide bonds. The van der Waals surface area contributed by atoms with Crippen molar-refractivity contribution in [3.63, 3.8) is 0 Å². The maximum Gasteiger partial charge on any atom is 0 e. The zero-order chi connectivity index (χ0) is 32.9. The quantitative estimate of drug-likeness (QED) is 0.162. The summed E-state index contributed by atoms with van der Waals surface area (Å²) in [5, 5.41) is 0. The van der Waals surface area contributed by atoms with Gasteiger partial charge in [0.05, 0.1) is 0 Å². The van der Waals surface area contributed by atoms with Gasteiger partial charge in [0.1, 0.15) is 0 Å². The molecular weight excluding hydrogens is 642 g/mol. The van der Waals surface area contributed by atoms with Crippen LogP contribution < -0.4 is 0 Å². The van der Waals surface area contributed by atoms with E-state index in [1.165, 1.54) is 44.5 Å². The van der Waals surface area contributed by atoms with Crippen LogP contribution in [-0.4, -0.2) is 0 Å². The van der Waals surface area contributed by atoms with E-state index in [1.807, 2.05) is 48.5 Å². The number of hydrogen-bond donors (Lipinski definition) is 0. The van der Waals surface area contributed by atoms with Crippen LogP contribution in [0.3, 0.4) is 0 Å². The van der Waals surface area contributed by atoms with E-state index in [0.29, 0.717) is 0 Å². The molecule has 0 saturated carbocycles. The Balaban J connectivity index is 0.000000146. The predicted octanol–water partition coefficient (Wildman–Crippen LogP) is 13.4. The maximum absolute atomic E-state index is 2.12. The van der Waals surface area contributed by atoms with Gasteiger partial charge in [0.15, 0.2) is 0 Å². The molecule has 8 aromatic rings. The Morgan fingerprint density at radius 1 is 0.122 bits per heavy atom. The van der Waals surface area contributed by atoms with E-state index >= 15 is 0 Å². The van der Waals surface area contributed by atoms with Gasteiger partial charge in [0, 0.05) is 19.5 Å². The molecular formula is C48H40Zn. The molecule has 0 aromatic heterocycles. The first-order chi connectivity index (χ1) is 23.9. The molecule has 0 spiro atoms. The molecule has 0 unspecified atom stereocenters. The molecule has 8 aromatic carbocycles. The molecule has 234 valence electrons. The normalized spacial score (nSPS) is 9.47. The minimum Gasteiger partial charge on any atom is -0.0622 e. The molecule has 8 rings (SSSR count). The van der Waals surface area contributed by atoms with Gasteiger partial charge in [0.2, 0.25) is 0 Å². The van der Waals surface area contributed by atoms with Crippen molar-refractivity contribution in [3.8, 4) is 44.5 Å². The van der Waals surface area contributed by atoms with Gasteiger partial charge < -0.3 is 0 Å². The molecule has 0 atom stereocenters. The van der Waals surface area contributed by atoms with Gasteiger partial charge in [-0.25, -0.2) is 0 Å². The van der Waals surface area contributed by atoms with Crippen molar-refractivity contribution >= 4 is 0 Å². The minimum absolute atomic E-state index is 0. The Bertz CT molecular complexity index is 1500. The van der Waals surface area contributed by atoms with E-state index < -0.39 is 0 Å². The van der Waals surface area contributed by atoms with Crippen molar-refractivity contribution in [2.24, 2.45) is 0 Å². The molecule has 49 heavy (non-hydrogen) atoms. The fraction of sp³-hybridized carbons (Fsp3) is 0. The standard InChI is InChI=1S/4C12H10.Zn/c4*1-3-7-11(8-4-1)12-9-5-2-6-10-12;/h4*1-10H;. The molecule has 0 aliphatic rings. The van der Waals surface area contributed by atoms with Gasteiger partial charge in [-0.1, -0.05) is 243 Å². The van der Waals surface area contributed by atoms with Crippen LogP contribution in [0.2, 0.25) is 0 Å². The van der Waals surface area contributed by atoms with Crippen LogP contribution in [-0.2, 0) is 19.5 Å². The monoisotopic (exact) mass is 680 g/mol. The van der Waals surface area contributed by atoms with Crippen molar-refractivity contribution in [1.82, 2.24) is 0 Å². The fourth-order valence-corrected chi connectivity index (χ4v) is 5.04. The summed E-state index contributed by atoms with van der Waals surface area (Å²) >= 11 is 0. The van der Waals surface area contributed by atoms with Crippen molar-refractivity contribution < 1.29 is 19.5 Å². The summed E-state index contributed by atoms with van der Waals surface area (Å²) in [6, 6.07) is 83.1. The predicted molar refractivity (Wildman–Crippen MR) is 208 cm³/mol. The Kier molecular flexibility index (Phi) is 15.7. The van der Waals surface area contributed by atoms with Gasteiger partial charge in [-0.3, -0.25) is 0 Å². The number of benzene rings is 8. The summed E-state index contributed by atoms with van der Waals surface area (Å²) in [6.45, 7) is 0. The van der Waals surface area contributed by atoms with E-state index in [4.69, 9.17) is 0 Å². The van der Waals surface area contributed by atoms with E-state index in [2.05, 4.69) is 194 Å². The minimum atomic E-state index is 0. The van der Waals surface area contributed by atoms with Crippen LogP contribution in [0.15, 0.2) is 243 Å². The van der Waals surface area contributed by atoms with Crippen molar-refractivity contribution in [2.75, 3.05) is 0 Å². The second-order valence-corrected chi connectivity index (χ2v) is 10.9. The van der Waals surface area contributed by atoms with E-state index in [-0.39, 0.29) is 19.5 Å². The van der Waals surface area contributed by atoms with E-state index in [0.717, 1.165) is 0 Å². The Labute approximate surface area is 305 Å². The summed E-state index contributed by atoms with van der Waals surface area (Å²) in [5.74, 6) is 0. The van der Waals surface area contributed by atoms with Crippen molar-refractivity contribution in [1.29, 1.82) is 0 Å². The Morgan fingerprint density at radius 2 is 0.204 bits per heavy atom. The second-order valence-electron chi connectivity index (χ2n) is 10.9. The van der Waals surface area contributed by atoms with Crippen molar-refractivity contribution in [3.05, 3.63) is 243 Å². The van der Waals surface area contributed by atoms with Crippen LogP contribution >= 0.6 is 0 Å². The molecule has 1 heteroatoms. The summed E-state index contributed by atoms with van der Waals surface area (Å²) in [7, 11) is 0. The zero-order valence-electron chi connectivity index (χ0n) is 27.8. The molecule has 0 aliphatic heterocycles. The summed E-state index contributed by atoms with van der Waals surface area (Å²) in [4.78, 5) is 0. The first-order valence-electron chi connectivity index (χ1n) is 16.3. The van der Waals surface area contributed by atoms with Crippen LogP contribution in [0.4, 0.5) is 0 Å². The maximum atomic E-state index is 2.12. The molecule has 0 bridgehead atoms. The summed E-state index contributed by atoms with van der Waals surface area (Å²) in [5.41, 5.74) is 10.2. The van der Waals surface area contributed by atoms with Gasteiger partial charge in [-0.15, -0.1) is 0 Å². The number of hydrogen-bond acceptors (Lipinski definition) is 0. The third-order valence-corrected chi connectivity index (χ3v) is 7.52. The first-order valence-corrected chi connectivity index (χ1v) is 16.3. The summed E-state index contributed by atoms with van der Waals surface area (Å²) < 4.78 is 0. The van der Waals surface area contributed by atoms with E-state index in [9.17, 15) is 0 Å². The molecule has 0 N–H and O–H groups in total. The van der Waals surface area contributed by atoms with Gasteiger partial charge >= 0.3 is 0 Å². The zero-order valence-corrected chi connectivity index (χ0v) is 30.8. The van der Waals surface area contributed by atoms with Crippen molar-refractivity contribution in [2.45, 2.75) is 0 Å². The Hall–Kier alpha value is -5.62. The van der Waals surface area contributed by atoms with E-state index in [1.54, 1.807) is 0 Å². The smallest absolute Gasteiger partial charge is 0 e. The average molecular weight is 682 g/mol. The average Bonchev–Trinajstić information content (AvgIpc) is 3.21. The number of rotatable bonds is 4. The second kappa shape index (κ2) is 21.3. The summed E-state index contributed by atoms with van der Waals surface area (Å²) in [6.07, 6.45) is 0. The largest absolute Gasteiger partial charge is 0.0622 e. The molecule has 0 heterocycles. The topological polar surface area (TPSA) is 0 Å². The molecule has 0 aliphatic carbocycles. The van der Waals surface area contributed by atoms with Crippen LogP contribution in [0.5, 0.6) is 0 Å². The third-order valence-electron chi connectivity index (χ3n) is 7.52. The van der Waals surface area contributed by atoms with Crippen LogP contribution in [0.25, 0.3) is 44.5 Å². The van der Waals surface area contributed by atoms with Gasteiger partial charge in [-0.05, 0) is 44.5 Å². The molecule has 0 saturated heterocycles. The third kappa shape index (κ3) is 12.5. The SMILES string of the molecule is [Zn].c1ccc(-c2ccccc2)cc1.c1ccc(-c2ccccc2)cc1.c1ccc(-c2ccccc2)cc1.c1ccc(-c2ccccc2)cc1. The fourth-order valence-electron chi connectivity index (χ4n) is 5.04. The van der Waals surface area contributed by atoms with Gasteiger partial charge in [0.25, 0.3) is 0 Å². The molecule has 0 radical (unpaired) electrons. The Morgan fingerprint density at radius 3 is 0.286 bits per heavy atom.